The van der Waals surface area contributed by atoms with Crippen molar-refractivity contribution in [3.05, 3.63) is 18.3 Å². The maximum absolute atomic E-state index is 5.59. The van der Waals surface area contributed by atoms with Gasteiger partial charge in [-0.2, -0.15) is 0 Å². The van der Waals surface area contributed by atoms with E-state index in [2.05, 4.69) is 24.1 Å². The van der Waals surface area contributed by atoms with Crippen LogP contribution in [0.3, 0.4) is 0 Å². The first-order valence-corrected chi connectivity index (χ1v) is 5.64. The molecule has 1 atom stereocenters. The minimum Gasteiger partial charge on any atom is -0.495 e. The van der Waals surface area contributed by atoms with Crippen molar-refractivity contribution in [1.29, 1.82) is 0 Å². The topological polar surface area (TPSA) is 60.2 Å². The van der Waals surface area contributed by atoms with Crippen LogP contribution in [0.5, 0.6) is 5.75 Å². The number of aromatic nitrogens is 1. The van der Waals surface area contributed by atoms with Gasteiger partial charge in [0.1, 0.15) is 11.6 Å². The lowest BCUT2D eigenvalue weighted by Crippen LogP contribution is -2.28. The number of pyridine rings is 1. The van der Waals surface area contributed by atoms with Crippen molar-refractivity contribution < 1.29 is 4.74 Å². The normalized spacial score (nSPS) is 12.6. The zero-order valence-corrected chi connectivity index (χ0v) is 10.2. The van der Waals surface area contributed by atoms with Gasteiger partial charge in [0.15, 0.2) is 0 Å². The molecule has 0 saturated carbocycles. The molecule has 1 aromatic heterocycles. The van der Waals surface area contributed by atoms with E-state index in [1.165, 1.54) is 0 Å². The summed E-state index contributed by atoms with van der Waals surface area (Å²) < 4.78 is 5.06. The third kappa shape index (κ3) is 3.70. The highest BCUT2D eigenvalue weighted by Gasteiger charge is 2.12. The highest BCUT2D eigenvalue weighted by molar-refractivity contribution is 5.38. The Morgan fingerprint density at radius 1 is 1.44 bits per heavy atom. The lowest BCUT2D eigenvalue weighted by Gasteiger charge is -2.22. The van der Waals surface area contributed by atoms with Gasteiger partial charge >= 0.3 is 0 Å². The van der Waals surface area contributed by atoms with Crippen LogP contribution >= 0.6 is 0 Å². The molecule has 1 rings (SSSR count). The molecule has 1 aromatic rings. The lowest BCUT2D eigenvalue weighted by molar-refractivity contribution is 0.413. The van der Waals surface area contributed by atoms with Gasteiger partial charge in [-0.25, -0.2) is 4.98 Å². The van der Waals surface area contributed by atoms with Gasteiger partial charge in [0.05, 0.1) is 13.3 Å². The summed E-state index contributed by atoms with van der Waals surface area (Å²) >= 11 is 0. The van der Waals surface area contributed by atoms with Gasteiger partial charge in [-0.3, -0.25) is 0 Å². The lowest BCUT2D eigenvalue weighted by atomic mass is 10.0. The zero-order chi connectivity index (χ0) is 12.0. The molecule has 0 aromatic carbocycles. The van der Waals surface area contributed by atoms with Crippen LogP contribution in [0.2, 0.25) is 0 Å². The maximum atomic E-state index is 5.59. The van der Waals surface area contributed by atoms with Crippen LogP contribution in [0.1, 0.15) is 20.3 Å². The van der Waals surface area contributed by atoms with E-state index in [0.29, 0.717) is 18.5 Å². The molecule has 0 aliphatic rings. The molecule has 0 bridgehead atoms. The third-order valence-corrected chi connectivity index (χ3v) is 2.59. The molecule has 4 heteroatoms. The van der Waals surface area contributed by atoms with Crippen LogP contribution in [0.4, 0.5) is 5.82 Å². The molecule has 0 fully saturated rings. The Bertz CT molecular complexity index is 298. The first kappa shape index (κ1) is 12.8. The van der Waals surface area contributed by atoms with E-state index < -0.39 is 0 Å². The Morgan fingerprint density at radius 3 is 2.62 bits per heavy atom. The molecular weight excluding hydrogens is 202 g/mol. The molecule has 0 radical (unpaired) electrons. The van der Waals surface area contributed by atoms with Gasteiger partial charge in [0, 0.05) is 6.04 Å². The van der Waals surface area contributed by atoms with Crippen molar-refractivity contribution in [2.75, 3.05) is 19.0 Å². The van der Waals surface area contributed by atoms with Gasteiger partial charge in [0.2, 0.25) is 0 Å². The van der Waals surface area contributed by atoms with Crippen molar-refractivity contribution in [3.8, 4) is 5.75 Å². The Labute approximate surface area is 97.2 Å². The van der Waals surface area contributed by atoms with Crippen LogP contribution in [0.15, 0.2) is 18.3 Å². The Balaban J connectivity index is 2.62. The van der Waals surface area contributed by atoms with Crippen LogP contribution in [-0.2, 0) is 0 Å². The molecular formula is C12H21N3O. The van der Waals surface area contributed by atoms with Crippen LogP contribution < -0.4 is 15.8 Å². The number of rotatable bonds is 6. The van der Waals surface area contributed by atoms with Crippen molar-refractivity contribution in [1.82, 2.24) is 4.98 Å². The minimum atomic E-state index is 0.367. The van der Waals surface area contributed by atoms with Crippen molar-refractivity contribution in [3.63, 3.8) is 0 Å². The second kappa shape index (κ2) is 6.33. The number of nitrogens with zero attached hydrogens (tertiary/aromatic N) is 1. The van der Waals surface area contributed by atoms with Gasteiger partial charge in [-0.05, 0) is 31.0 Å². The average Bonchev–Trinajstić information content (AvgIpc) is 2.29. The second-order valence-corrected chi connectivity index (χ2v) is 4.16. The summed E-state index contributed by atoms with van der Waals surface area (Å²) in [5, 5.41) is 3.38. The summed E-state index contributed by atoms with van der Waals surface area (Å²) in [5.74, 6) is 2.17. The fourth-order valence-electron chi connectivity index (χ4n) is 1.53. The molecule has 0 amide bonds. The number of nitrogens with one attached hydrogen (secondary N) is 1. The highest BCUT2D eigenvalue weighted by atomic mass is 16.5. The van der Waals surface area contributed by atoms with E-state index in [-0.39, 0.29) is 0 Å². The largest absolute Gasteiger partial charge is 0.495 e. The monoisotopic (exact) mass is 223 g/mol. The summed E-state index contributed by atoms with van der Waals surface area (Å²) in [4.78, 5) is 4.28. The van der Waals surface area contributed by atoms with Crippen LogP contribution in [-0.4, -0.2) is 24.7 Å². The first-order valence-electron chi connectivity index (χ1n) is 5.64. The maximum Gasteiger partial charge on any atom is 0.137 e. The molecule has 0 saturated heterocycles. The molecule has 16 heavy (non-hydrogen) atoms. The smallest absolute Gasteiger partial charge is 0.137 e. The molecule has 1 heterocycles. The fraction of sp³-hybridized carbons (Fsp3) is 0.583. The second-order valence-electron chi connectivity index (χ2n) is 4.16. The van der Waals surface area contributed by atoms with Crippen LogP contribution in [0.25, 0.3) is 0 Å². The Morgan fingerprint density at radius 2 is 2.19 bits per heavy atom. The number of methoxy groups -OCH3 is 1. The predicted molar refractivity (Wildman–Crippen MR) is 66.7 cm³/mol. The van der Waals surface area contributed by atoms with E-state index in [0.717, 1.165) is 18.0 Å². The molecule has 0 aliphatic carbocycles. The first-order chi connectivity index (χ1) is 7.67. The summed E-state index contributed by atoms with van der Waals surface area (Å²) in [6.45, 7) is 5.04. The van der Waals surface area contributed by atoms with E-state index in [4.69, 9.17) is 10.5 Å². The van der Waals surface area contributed by atoms with E-state index in [1.54, 1.807) is 13.3 Å². The predicted octanol–water partition coefficient (Wildman–Crippen LogP) is 1.88. The number of nitrogens with two attached hydrogens (primary N) is 1. The van der Waals surface area contributed by atoms with Crippen molar-refractivity contribution in [2.24, 2.45) is 11.7 Å². The SMILES string of the molecule is COc1ccc(NC(CCN)C(C)C)nc1. The van der Waals surface area contributed by atoms with Gasteiger partial charge in [-0.1, -0.05) is 13.8 Å². The summed E-state index contributed by atoms with van der Waals surface area (Å²) in [7, 11) is 1.63. The fourth-order valence-corrected chi connectivity index (χ4v) is 1.53. The molecule has 1 unspecified atom stereocenters. The average molecular weight is 223 g/mol. The van der Waals surface area contributed by atoms with E-state index in [9.17, 15) is 0 Å². The molecule has 4 nitrogen and oxygen atoms in total. The molecule has 0 aliphatic heterocycles. The standard InChI is InChI=1S/C12H21N3O/c1-9(2)11(6-7-13)15-12-5-4-10(16-3)8-14-12/h4-5,8-9,11H,6-7,13H2,1-3H3,(H,14,15). The van der Waals surface area contributed by atoms with Gasteiger partial charge < -0.3 is 15.8 Å². The highest BCUT2D eigenvalue weighted by Crippen LogP contribution is 2.15. The van der Waals surface area contributed by atoms with Gasteiger partial charge in [0.25, 0.3) is 0 Å². The molecule has 3 N–H and O–H groups in total. The van der Waals surface area contributed by atoms with Gasteiger partial charge in [-0.15, -0.1) is 0 Å². The number of hydrogen-bond acceptors (Lipinski definition) is 4. The third-order valence-electron chi connectivity index (χ3n) is 2.59. The molecule has 0 spiro atoms. The summed E-state index contributed by atoms with van der Waals surface area (Å²) in [6, 6.07) is 4.19. The Kier molecular flexibility index (Phi) is 5.05. The van der Waals surface area contributed by atoms with E-state index in [1.807, 2.05) is 12.1 Å². The summed E-state index contributed by atoms with van der Waals surface area (Å²) in [5.41, 5.74) is 5.59. The van der Waals surface area contributed by atoms with E-state index >= 15 is 0 Å². The number of anilines is 1. The molecule has 90 valence electrons. The van der Waals surface area contributed by atoms with Crippen molar-refractivity contribution in [2.45, 2.75) is 26.3 Å². The van der Waals surface area contributed by atoms with Crippen LogP contribution in [0, 0.1) is 5.92 Å². The minimum absolute atomic E-state index is 0.367. The summed E-state index contributed by atoms with van der Waals surface area (Å²) in [6.07, 6.45) is 2.66. The zero-order valence-electron chi connectivity index (χ0n) is 10.2. The number of ether oxygens (including phenoxy) is 1. The quantitative estimate of drug-likeness (QED) is 0.773. The van der Waals surface area contributed by atoms with Crippen molar-refractivity contribution >= 4 is 5.82 Å². The number of hydrogen-bond donors (Lipinski definition) is 2. The Hall–Kier alpha value is -1.29.